The summed E-state index contributed by atoms with van der Waals surface area (Å²) in [4.78, 5) is 29.5. The molecule has 156 valence electrons. The van der Waals surface area contributed by atoms with Crippen LogP contribution < -0.4 is 21.1 Å². The molecular weight excluding hydrogens is 380 g/mol. The average molecular weight is 406 g/mol. The quantitative estimate of drug-likeness (QED) is 0.630. The molecule has 1 amide bonds. The molecule has 0 radical (unpaired) electrons. The number of fused-ring (bicyclic) bond motifs is 1. The second kappa shape index (κ2) is 8.98. The number of ether oxygens (including phenoxy) is 1. The van der Waals surface area contributed by atoms with Crippen LogP contribution in [0.4, 0.5) is 5.82 Å². The summed E-state index contributed by atoms with van der Waals surface area (Å²) in [5.41, 5.74) is 1.20. The van der Waals surface area contributed by atoms with Crippen molar-refractivity contribution in [1.29, 1.82) is 0 Å². The Bertz CT molecular complexity index is 1100. The maximum atomic E-state index is 12.7. The average Bonchev–Trinajstić information content (AvgIpc) is 3.28. The van der Waals surface area contributed by atoms with E-state index in [1.807, 2.05) is 48.5 Å². The lowest BCUT2D eigenvalue weighted by Gasteiger charge is -2.17. The number of benzene rings is 2. The van der Waals surface area contributed by atoms with E-state index in [0.717, 1.165) is 29.5 Å². The van der Waals surface area contributed by atoms with Crippen LogP contribution in [0.5, 0.6) is 5.75 Å². The normalized spacial score (nSPS) is 14.0. The molecule has 1 aromatic heterocycles. The molecule has 3 aromatic rings. The summed E-state index contributed by atoms with van der Waals surface area (Å²) in [6.45, 7) is 0.275. The number of methoxy groups -OCH3 is 1. The molecule has 7 nitrogen and oxygen atoms in total. The van der Waals surface area contributed by atoms with Gasteiger partial charge in [-0.25, -0.2) is 4.79 Å². The third kappa shape index (κ3) is 4.45. The summed E-state index contributed by atoms with van der Waals surface area (Å²) in [5.74, 6) is 1.09. The van der Waals surface area contributed by atoms with Gasteiger partial charge in [-0.15, -0.1) is 0 Å². The Morgan fingerprint density at radius 1 is 1.17 bits per heavy atom. The van der Waals surface area contributed by atoms with Crippen LogP contribution in [0.2, 0.25) is 0 Å². The fourth-order valence-corrected chi connectivity index (χ4v) is 3.94. The third-order valence-electron chi connectivity index (χ3n) is 5.51. The number of hydrogen-bond acceptors (Lipinski definition) is 5. The van der Waals surface area contributed by atoms with E-state index in [0.29, 0.717) is 23.9 Å². The van der Waals surface area contributed by atoms with Crippen LogP contribution in [-0.2, 0) is 17.9 Å². The Morgan fingerprint density at radius 2 is 1.97 bits per heavy atom. The van der Waals surface area contributed by atoms with Crippen molar-refractivity contribution >= 4 is 22.6 Å². The standard InChI is InChI=1S/C23H26N4O3/c1-30-18-10-6-7-16(13-18)14-24-21(28)15-27-20-12-5-4-11-19(20)22(26-23(27)29)25-17-8-2-3-9-17/h4-7,10-13,17H,2-3,8-9,14-15H2,1H3,(H,24,28)(H,25,26,29). The number of amides is 1. The van der Waals surface area contributed by atoms with Crippen molar-refractivity contribution in [3.05, 3.63) is 64.6 Å². The van der Waals surface area contributed by atoms with Crippen molar-refractivity contribution in [1.82, 2.24) is 14.9 Å². The molecule has 0 saturated heterocycles. The van der Waals surface area contributed by atoms with Crippen LogP contribution >= 0.6 is 0 Å². The van der Waals surface area contributed by atoms with Crippen molar-refractivity contribution in [3.63, 3.8) is 0 Å². The molecule has 0 atom stereocenters. The number of rotatable bonds is 7. The molecule has 0 bridgehead atoms. The van der Waals surface area contributed by atoms with E-state index in [9.17, 15) is 9.59 Å². The summed E-state index contributed by atoms with van der Waals surface area (Å²) in [6.07, 6.45) is 4.57. The van der Waals surface area contributed by atoms with Crippen LogP contribution in [0.25, 0.3) is 10.9 Å². The largest absolute Gasteiger partial charge is 0.497 e. The Balaban J connectivity index is 1.52. The molecule has 30 heavy (non-hydrogen) atoms. The first-order chi connectivity index (χ1) is 14.6. The van der Waals surface area contributed by atoms with Crippen molar-refractivity contribution < 1.29 is 9.53 Å². The van der Waals surface area contributed by atoms with Gasteiger partial charge in [0.25, 0.3) is 0 Å². The Kier molecular flexibility index (Phi) is 5.97. The smallest absolute Gasteiger partial charge is 0.350 e. The predicted octanol–water partition coefficient (Wildman–Crippen LogP) is 3.08. The molecule has 4 rings (SSSR count). The third-order valence-corrected chi connectivity index (χ3v) is 5.51. The zero-order valence-electron chi connectivity index (χ0n) is 17.1. The number of aromatic nitrogens is 2. The SMILES string of the molecule is COc1cccc(CNC(=O)Cn2c(=O)nc(NC3CCCC3)c3ccccc32)c1. The van der Waals surface area contributed by atoms with Gasteiger partial charge >= 0.3 is 5.69 Å². The molecule has 0 spiro atoms. The molecule has 0 unspecified atom stereocenters. The number of hydrogen-bond donors (Lipinski definition) is 2. The highest BCUT2D eigenvalue weighted by Gasteiger charge is 2.18. The highest BCUT2D eigenvalue weighted by atomic mass is 16.5. The topological polar surface area (TPSA) is 85.2 Å². The van der Waals surface area contributed by atoms with E-state index in [1.165, 1.54) is 17.4 Å². The van der Waals surface area contributed by atoms with Gasteiger partial charge in [-0.3, -0.25) is 9.36 Å². The molecule has 2 aromatic carbocycles. The van der Waals surface area contributed by atoms with Gasteiger partial charge < -0.3 is 15.4 Å². The van der Waals surface area contributed by atoms with E-state index in [4.69, 9.17) is 4.74 Å². The number of carbonyl (C=O) groups excluding carboxylic acids is 1. The number of carbonyl (C=O) groups is 1. The van der Waals surface area contributed by atoms with E-state index >= 15 is 0 Å². The first kappa shape index (κ1) is 19.9. The van der Waals surface area contributed by atoms with Crippen LogP contribution in [0.15, 0.2) is 53.3 Å². The van der Waals surface area contributed by atoms with E-state index < -0.39 is 5.69 Å². The van der Waals surface area contributed by atoms with Gasteiger partial charge in [-0.2, -0.15) is 4.98 Å². The van der Waals surface area contributed by atoms with E-state index in [-0.39, 0.29) is 12.5 Å². The molecule has 0 aliphatic heterocycles. The molecule has 1 saturated carbocycles. The van der Waals surface area contributed by atoms with E-state index in [2.05, 4.69) is 15.6 Å². The maximum Gasteiger partial charge on any atom is 0.350 e. The second-order valence-electron chi connectivity index (χ2n) is 7.60. The van der Waals surface area contributed by atoms with Gasteiger partial charge in [0.1, 0.15) is 18.1 Å². The number of nitrogens with zero attached hydrogens (tertiary/aromatic N) is 2. The van der Waals surface area contributed by atoms with Gasteiger partial charge in [0, 0.05) is 18.0 Å². The fourth-order valence-electron chi connectivity index (χ4n) is 3.94. The lowest BCUT2D eigenvalue weighted by Crippen LogP contribution is -2.34. The molecule has 1 fully saturated rings. The summed E-state index contributed by atoms with van der Waals surface area (Å²) in [6, 6.07) is 15.4. The van der Waals surface area contributed by atoms with Crippen molar-refractivity contribution in [2.75, 3.05) is 12.4 Å². The molecule has 1 aliphatic rings. The first-order valence-electron chi connectivity index (χ1n) is 10.3. The van der Waals surface area contributed by atoms with E-state index in [1.54, 1.807) is 7.11 Å². The fraction of sp³-hybridized carbons (Fsp3) is 0.348. The van der Waals surface area contributed by atoms with Crippen molar-refractivity contribution in [3.8, 4) is 5.75 Å². The lowest BCUT2D eigenvalue weighted by atomic mass is 10.2. The van der Waals surface area contributed by atoms with Gasteiger partial charge in [0.05, 0.1) is 12.6 Å². The van der Waals surface area contributed by atoms with Crippen LogP contribution in [-0.4, -0.2) is 28.6 Å². The van der Waals surface area contributed by atoms with Gasteiger partial charge in [-0.05, 0) is 42.7 Å². The van der Waals surface area contributed by atoms with Gasteiger partial charge in [-0.1, -0.05) is 37.1 Å². The van der Waals surface area contributed by atoms with Crippen LogP contribution in [0.1, 0.15) is 31.2 Å². The van der Waals surface area contributed by atoms with Crippen LogP contribution in [0, 0.1) is 0 Å². The Labute approximate surface area is 175 Å². The van der Waals surface area contributed by atoms with Crippen molar-refractivity contribution in [2.24, 2.45) is 0 Å². The zero-order valence-corrected chi connectivity index (χ0v) is 17.1. The number of para-hydroxylation sites is 1. The monoisotopic (exact) mass is 406 g/mol. The second-order valence-corrected chi connectivity index (χ2v) is 7.60. The zero-order chi connectivity index (χ0) is 20.9. The highest BCUT2D eigenvalue weighted by Crippen LogP contribution is 2.25. The van der Waals surface area contributed by atoms with Gasteiger partial charge in [0.15, 0.2) is 0 Å². The molecule has 1 heterocycles. The molecular formula is C23H26N4O3. The summed E-state index contributed by atoms with van der Waals surface area (Å²) < 4.78 is 6.63. The highest BCUT2D eigenvalue weighted by molar-refractivity contribution is 5.90. The Morgan fingerprint density at radius 3 is 2.77 bits per heavy atom. The molecule has 7 heteroatoms. The Hall–Kier alpha value is -3.35. The molecule has 1 aliphatic carbocycles. The van der Waals surface area contributed by atoms with Gasteiger partial charge in [0.2, 0.25) is 5.91 Å². The molecule has 2 N–H and O–H groups in total. The predicted molar refractivity (Wildman–Crippen MR) is 117 cm³/mol. The lowest BCUT2D eigenvalue weighted by molar-refractivity contribution is -0.121. The number of anilines is 1. The maximum absolute atomic E-state index is 12.7. The van der Waals surface area contributed by atoms with Crippen molar-refractivity contribution in [2.45, 2.75) is 44.8 Å². The summed E-state index contributed by atoms with van der Waals surface area (Å²) in [7, 11) is 1.60. The first-order valence-corrected chi connectivity index (χ1v) is 10.3. The summed E-state index contributed by atoms with van der Waals surface area (Å²) in [5, 5.41) is 7.14. The number of nitrogens with one attached hydrogen (secondary N) is 2. The summed E-state index contributed by atoms with van der Waals surface area (Å²) >= 11 is 0. The minimum Gasteiger partial charge on any atom is -0.497 e. The minimum absolute atomic E-state index is 0.0833. The van der Waals surface area contributed by atoms with Crippen LogP contribution in [0.3, 0.4) is 0 Å². The minimum atomic E-state index is -0.425.